The van der Waals surface area contributed by atoms with Crippen molar-refractivity contribution in [3.8, 4) is 11.3 Å². The first kappa shape index (κ1) is 15.7. The number of benzene rings is 2. The van der Waals surface area contributed by atoms with Gasteiger partial charge in [-0.2, -0.15) is 0 Å². The van der Waals surface area contributed by atoms with Crippen LogP contribution in [0.2, 0.25) is 0 Å². The van der Waals surface area contributed by atoms with Crippen LogP contribution in [0.1, 0.15) is 0 Å². The van der Waals surface area contributed by atoms with E-state index in [1.54, 1.807) is 0 Å². The Labute approximate surface area is 141 Å². The lowest BCUT2D eigenvalue weighted by atomic mass is 10.2. The number of amides is 1. The van der Waals surface area contributed by atoms with Crippen LogP contribution in [0.3, 0.4) is 0 Å². The molecule has 1 aromatic heterocycles. The molecule has 0 atom stereocenters. The van der Waals surface area contributed by atoms with Crippen LogP contribution in [0.4, 0.5) is 10.1 Å². The fraction of sp³-hybridized carbons (Fsp3) is 0.0588. The van der Waals surface area contributed by atoms with Gasteiger partial charge in [0, 0.05) is 16.6 Å². The van der Waals surface area contributed by atoms with Gasteiger partial charge < -0.3 is 5.32 Å². The molecule has 2 aromatic carbocycles. The van der Waals surface area contributed by atoms with E-state index in [-0.39, 0.29) is 17.5 Å². The van der Waals surface area contributed by atoms with Crippen molar-refractivity contribution in [2.24, 2.45) is 0 Å². The maximum absolute atomic E-state index is 12.8. The van der Waals surface area contributed by atoms with E-state index in [0.29, 0.717) is 5.69 Å². The van der Waals surface area contributed by atoms with Crippen molar-refractivity contribution in [3.05, 3.63) is 65.8 Å². The van der Waals surface area contributed by atoms with Crippen LogP contribution in [-0.4, -0.2) is 16.6 Å². The number of nitrogens with zero attached hydrogens (tertiary/aromatic N) is 1. The second-order valence-corrected chi connectivity index (χ2v) is 6.79. The normalized spacial score (nSPS) is 10.5. The molecule has 3 nitrogen and oxygen atoms in total. The first-order valence-electron chi connectivity index (χ1n) is 6.90. The number of thiazole rings is 1. The van der Waals surface area contributed by atoms with E-state index >= 15 is 0 Å². The smallest absolute Gasteiger partial charge is 0.234 e. The maximum atomic E-state index is 12.8. The Kier molecular flexibility index (Phi) is 5.05. The topological polar surface area (TPSA) is 42.0 Å². The molecule has 3 aromatic rings. The van der Waals surface area contributed by atoms with Gasteiger partial charge in [-0.1, -0.05) is 42.1 Å². The van der Waals surface area contributed by atoms with E-state index in [9.17, 15) is 9.18 Å². The standard InChI is InChI=1S/C17H13FN2OS2/c18-13-6-8-14(9-7-13)19-16(21)11-23-17-20-15(10-22-17)12-4-2-1-3-5-12/h1-10H,11H2,(H,19,21). The predicted octanol–water partition coefficient (Wildman–Crippen LogP) is 4.68. The number of nitrogens with one attached hydrogen (secondary N) is 1. The van der Waals surface area contributed by atoms with Crippen LogP contribution >= 0.6 is 23.1 Å². The molecule has 23 heavy (non-hydrogen) atoms. The van der Waals surface area contributed by atoms with E-state index in [1.165, 1.54) is 47.4 Å². The fourth-order valence-corrected chi connectivity index (χ4v) is 3.56. The third-order valence-electron chi connectivity index (χ3n) is 3.01. The molecule has 6 heteroatoms. The minimum absolute atomic E-state index is 0.141. The Hall–Kier alpha value is -2.18. The Morgan fingerprint density at radius 2 is 1.87 bits per heavy atom. The summed E-state index contributed by atoms with van der Waals surface area (Å²) in [6.45, 7) is 0. The summed E-state index contributed by atoms with van der Waals surface area (Å²) in [7, 11) is 0. The molecular formula is C17H13FN2OS2. The molecule has 0 aliphatic heterocycles. The van der Waals surface area contributed by atoms with Crippen LogP contribution in [0.5, 0.6) is 0 Å². The molecule has 1 heterocycles. The molecule has 0 unspecified atom stereocenters. The molecule has 116 valence electrons. The van der Waals surface area contributed by atoms with Gasteiger partial charge >= 0.3 is 0 Å². The molecule has 0 fully saturated rings. The Balaban J connectivity index is 1.55. The molecule has 0 saturated carbocycles. The second kappa shape index (κ2) is 7.39. The Morgan fingerprint density at radius 1 is 1.13 bits per heavy atom. The lowest BCUT2D eigenvalue weighted by Crippen LogP contribution is -2.13. The van der Waals surface area contributed by atoms with E-state index in [2.05, 4.69) is 10.3 Å². The van der Waals surface area contributed by atoms with E-state index in [4.69, 9.17) is 0 Å². The number of carbonyl (C=O) groups excluding carboxylic acids is 1. The molecule has 0 saturated heterocycles. The van der Waals surface area contributed by atoms with Gasteiger partial charge in [-0.3, -0.25) is 4.79 Å². The monoisotopic (exact) mass is 344 g/mol. The zero-order chi connectivity index (χ0) is 16.1. The van der Waals surface area contributed by atoms with Gasteiger partial charge in [0.15, 0.2) is 4.34 Å². The summed E-state index contributed by atoms with van der Waals surface area (Å²) in [5, 5.41) is 4.71. The fourth-order valence-electron chi connectivity index (χ4n) is 1.92. The lowest BCUT2D eigenvalue weighted by molar-refractivity contribution is -0.113. The summed E-state index contributed by atoms with van der Waals surface area (Å²) in [4.78, 5) is 16.4. The predicted molar refractivity (Wildman–Crippen MR) is 93.3 cm³/mol. The van der Waals surface area contributed by atoms with Crippen molar-refractivity contribution in [1.29, 1.82) is 0 Å². The van der Waals surface area contributed by atoms with E-state index in [1.807, 2.05) is 35.7 Å². The minimum Gasteiger partial charge on any atom is -0.325 e. The van der Waals surface area contributed by atoms with Crippen molar-refractivity contribution in [3.63, 3.8) is 0 Å². The summed E-state index contributed by atoms with van der Waals surface area (Å²) in [5.74, 6) is -0.203. The van der Waals surface area contributed by atoms with Gasteiger partial charge in [-0.05, 0) is 24.3 Å². The average molecular weight is 344 g/mol. The minimum atomic E-state index is -0.325. The highest BCUT2D eigenvalue weighted by molar-refractivity contribution is 8.01. The van der Waals surface area contributed by atoms with Crippen molar-refractivity contribution in [2.45, 2.75) is 4.34 Å². The highest BCUT2D eigenvalue weighted by Crippen LogP contribution is 2.28. The van der Waals surface area contributed by atoms with Gasteiger partial charge in [0.2, 0.25) is 5.91 Å². The first-order valence-corrected chi connectivity index (χ1v) is 8.76. The molecular weight excluding hydrogens is 331 g/mol. The van der Waals surface area contributed by atoms with Crippen molar-refractivity contribution in [1.82, 2.24) is 4.98 Å². The van der Waals surface area contributed by atoms with E-state index < -0.39 is 0 Å². The van der Waals surface area contributed by atoms with Gasteiger partial charge in [0.1, 0.15) is 5.82 Å². The second-order valence-electron chi connectivity index (χ2n) is 4.71. The van der Waals surface area contributed by atoms with Crippen LogP contribution in [-0.2, 0) is 4.79 Å². The van der Waals surface area contributed by atoms with Gasteiger partial charge in [0.25, 0.3) is 0 Å². The zero-order valence-corrected chi connectivity index (χ0v) is 13.7. The van der Waals surface area contributed by atoms with Gasteiger partial charge in [0.05, 0.1) is 11.4 Å². The molecule has 0 aliphatic rings. The number of hydrogen-bond acceptors (Lipinski definition) is 4. The van der Waals surface area contributed by atoms with Crippen LogP contribution in [0.15, 0.2) is 64.3 Å². The molecule has 0 bridgehead atoms. The van der Waals surface area contributed by atoms with Crippen LogP contribution in [0, 0.1) is 5.82 Å². The molecule has 1 N–H and O–H groups in total. The largest absolute Gasteiger partial charge is 0.325 e. The Morgan fingerprint density at radius 3 is 2.61 bits per heavy atom. The zero-order valence-electron chi connectivity index (χ0n) is 12.0. The van der Waals surface area contributed by atoms with Crippen LogP contribution < -0.4 is 5.32 Å². The number of anilines is 1. The summed E-state index contributed by atoms with van der Waals surface area (Å²) in [6.07, 6.45) is 0. The lowest BCUT2D eigenvalue weighted by Gasteiger charge is -2.03. The third-order valence-corrected chi connectivity index (χ3v) is 5.03. The molecule has 0 radical (unpaired) electrons. The van der Waals surface area contributed by atoms with Crippen molar-refractivity contribution >= 4 is 34.7 Å². The van der Waals surface area contributed by atoms with Crippen molar-refractivity contribution < 1.29 is 9.18 Å². The number of thioether (sulfide) groups is 1. The first-order chi connectivity index (χ1) is 11.2. The number of aromatic nitrogens is 1. The van der Waals surface area contributed by atoms with Crippen molar-refractivity contribution in [2.75, 3.05) is 11.1 Å². The number of halogens is 1. The third kappa shape index (κ3) is 4.40. The SMILES string of the molecule is O=C(CSc1nc(-c2ccccc2)cs1)Nc1ccc(F)cc1. The summed E-state index contributed by atoms with van der Waals surface area (Å²) >= 11 is 2.90. The molecule has 0 aliphatic carbocycles. The molecule has 3 rings (SSSR count). The average Bonchev–Trinajstić information content (AvgIpc) is 3.05. The highest BCUT2D eigenvalue weighted by atomic mass is 32.2. The van der Waals surface area contributed by atoms with Gasteiger partial charge in [-0.15, -0.1) is 11.3 Å². The Bertz CT molecular complexity index is 788. The number of carbonyl (C=O) groups is 1. The number of hydrogen-bond donors (Lipinski definition) is 1. The van der Waals surface area contributed by atoms with E-state index in [0.717, 1.165) is 15.6 Å². The molecule has 1 amide bonds. The van der Waals surface area contributed by atoms with Crippen LogP contribution in [0.25, 0.3) is 11.3 Å². The highest BCUT2D eigenvalue weighted by Gasteiger charge is 2.08. The number of rotatable bonds is 5. The van der Waals surface area contributed by atoms with Gasteiger partial charge in [-0.25, -0.2) is 9.37 Å². The summed E-state index contributed by atoms with van der Waals surface area (Å²) in [6, 6.07) is 15.6. The molecule has 0 spiro atoms. The summed E-state index contributed by atoms with van der Waals surface area (Å²) in [5.41, 5.74) is 2.56. The maximum Gasteiger partial charge on any atom is 0.234 e. The summed E-state index contributed by atoms with van der Waals surface area (Å²) < 4.78 is 13.7. The quantitative estimate of drug-likeness (QED) is 0.683.